The quantitative estimate of drug-likeness (QED) is 0.794. The average Bonchev–Trinajstić information content (AvgIpc) is 2.86. The van der Waals surface area contributed by atoms with E-state index in [9.17, 15) is 0 Å². The fourth-order valence-electron chi connectivity index (χ4n) is 1.75. The Kier molecular flexibility index (Phi) is 4.81. The maximum atomic E-state index is 4.52. The van der Waals surface area contributed by atoms with Crippen molar-refractivity contribution in [3.8, 4) is 11.4 Å². The van der Waals surface area contributed by atoms with Crippen LogP contribution in [0.2, 0.25) is 0 Å². The van der Waals surface area contributed by atoms with Crippen LogP contribution in [0.25, 0.3) is 11.4 Å². The molecular weight excluding hydrogens is 242 g/mol. The molecule has 1 atom stereocenters. The number of nitrogens with one attached hydrogen (secondary N) is 1. The summed E-state index contributed by atoms with van der Waals surface area (Å²) in [6.07, 6.45) is 3.73. The van der Waals surface area contributed by atoms with E-state index in [-0.39, 0.29) is 0 Å². The molecule has 2 rings (SSSR count). The molecule has 1 heterocycles. The van der Waals surface area contributed by atoms with Crippen molar-refractivity contribution in [2.75, 3.05) is 0 Å². The van der Waals surface area contributed by atoms with Gasteiger partial charge in [0.25, 0.3) is 0 Å². The highest BCUT2D eigenvalue weighted by molar-refractivity contribution is 7.99. The zero-order valence-corrected chi connectivity index (χ0v) is 11.7. The second-order valence-electron chi connectivity index (χ2n) is 4.40. The summed E-state index contributed by atoms with van der Waals surface area (Å²) in [4.78, 5) is 4.52. The summed E-state index contributed by atoms with van der Waals surface area (Å²) in [6.45, 7) is 4.45. The maximum absolute atomic E-state index is 4.52. The van der Waals surface area contributed by atoms with Crippen LogP contribution >= 0.6 is 11.8 Å². The highest BCUT2D eigenvalue weighted by atomic mass is 32.2. The van der Waals surface area contributed by atoms with Crippen molar-refractivity contribution in [3.05, 3.63) is 30.3 Å². The number of thioether (sulfide) groups is 1. The summed E-state index contributed by atoms with van der Waals surface area (Å²) >= 11 is 1.75. The summed E-state index contributed by atoms with van der Waals surface area (Å²) in [5.41, 5.74) is 1.08. The number of aromatic amines is 1. The van der Waals surface area contributed by atoms with Crippen molar-refractivity contribution in [1.82, 2.24) is 15.2 Å². The van der Waals surface area contributed by atoms with Crippen LogP contribution in [-0.4, -0.2) is 20.4 Å². The van der Waals surface area contributed by atoms with E-state index in [1.807, 2.05) is 30.3 Å². The molecule has 0 radical (unpaired) electrons. The molecule has 0 fully saturated rings. The molecule has 4 heteroatoms. The van der Waals surface area contributed by atoms with Crippen LogP contribution in [0.4, 0.5) is 0 Å². The van der Waals surface area contributed by atoms with E-state index in [1.54, 1.807) is 11.8 Å². The number of unbranched alkanes of at least 4 members (excludes halogenated alkanes) is 1. The second kappa shape index (κ2) is 6.59. The Morgan fingerprint density at radius 3 is 2.78 bits per heavy atom. The molecule has 18 heavy (non-hydrogen) atoms. The Morgan fingerprint density at radius 2 is 2.06 bits per heavy atom. The molecule has 0 aliphatic carbocycles. The molecule has 1 aromatic heterocycles. The summed E-state index contributed by atoms with van der Waals surface area (Å²) in [6, 6.07) is 10.1. The van der Waals surface area contributed by atoms with Gasteiger partial charge >= 0.3 is 0 Å². The highest BCUT2D eigenvalue weighted by Crippen LogP contribution is 2.25. The van der Waals surface area contributed by atoms with Crippen LogP contribution < -0.4 is 0 Å². The van der Waals surface area contributed by atoms with E-state index >= 15 is 0 Å². The first-order valence-corrected chi connectivity index (χ1v) is 7.32. The van der Waals surface area contributed by atoms with Crippen LogP contribution in [-0.2, 0) is 0 Å². The Bertz CT molecular complexity index is 467. The van der Waals surface area contributed by atoms with Gasteiger partial charge in [-0.15, -0.1) is 5.10 Å². The summed E-state index contributed by atoms with van der Waals surface area (Å²) in [5.74, 6) is 0.848. The van der Waals surface area contributed by atoms with E-state index in [0.29, 0.717) is 5.25 Å². The molecule has 96 valence electrons. The summed E-state index contributed by atoms with van der Waals surface area (Å²) in [5, 5.41) is 8.69. The normalized spacial score (nSPS) is 12.6. The van der Waals surface area contributed by atoms with Crippen LogP contribution in [0.1, 0.15) is 33.1 Å². The number of aromatic nitrogens is 3. The van der Waals surface area contributed by atoms with E-state index in [4.69, 9.17) is 0 Å². The van der Waals surface area contributed by atoms with Gasteiger partial charge in [-0.1, -0.05) is 68.8 Å². The molecule has 0 aliphatic heterocycles. The molecule has 0 aliphatic rings. The lowest BCUT2D eigenvalue weighted by Gasteiger charge is -2.06. The minimum absolute atomic E-state index is 0.573. The standard InChI is InChI=1S/C14H19N3S/c1-3-4-8-11(2)18-14-15-13(16-17-14)12-9-6-5-7-10-12/h5-7,9-11H,3-4,8H2,1-2H3,(H,15,16,17). The minimum atomic E-state index is 0.573. The third-order valence-electron chi connectivity index (χ3n) is 2.78. The molecular formula is C14H19N3S. The van der Waals surface area contributed by atoms with Gasteiger partial charge in [0, 0.05) is 10.8 Å². The lowest BCUT2D eigenvalue weighted by Crippen LogP contribution is -1.96. The monoisotopic (exact) mass is 261 g/mol. The van der Waals surface area contributed by atoms with Crippen molar-refractivity contribution in [1.29, 1.82) is 0 Å². The fraction of sp³-hybridized carbons (Fsp3) is 0.429. The Labute approximate surface area is 112 Å². The molecule has 2 aromatic rings. The van der Waals surface area contributed by atoms with Gasteiger partial charge in [-0.2, -0.15) is 0 Å². The highest BCUT2D eigenvalue weighted by Gasteiger charge is 2.09. The zero-order valence-electron chi connectivity index (χ0n) is 10.9. The maximum Gasteiger partial charge on any atom is 0.209 e. The van der Waals surface area contributed by atoms with Gasteiger partial charge in [0.2, 0.25) is 5.16 Å². The van der Waals surface area contributed by atoms with E-state index in [1.165, 1.54) is 19.3 Å². The predicted molar refractivity (Wildman–Crippen MR) is 76.7 cm³/mol. The van der Waals surface area contributed by atoms with Crippen LogP contribution in [0.3, 0.4) is 0 Å². The Morgan fingerprint density at radius 1 is 1.28 bits per heavy atom. The third-order valence-corrected chi connectivity index (χ3v) is 3.81. The molecule has 0 amide bonds. The number of hydrogen-bond donors (Lipinski definition) is 1. The lowest BCUT2D eigenvalue weighted by atomic mass is 10.2. The van der Waals surface area contributed by atoms with Crippen molar-refractivity contribution < 1.29 is 0 Å². The van der Waals surface area contributed by atoms with E-state index < -0.39 is 0 Å². The van der Waals surface area contributed by atoms with Gasteiger partial charge in [0.15, 0.2) is 5.82 Å². The van der Waals surface area contributed by atoms with Gasteiger partial charge in [-0.25, -0.2) is 4.98 Å². The number of rotatable bonds is 6. The fourth-order valence-corrected chi connectivity index (χ4v) is 2.64. The predicted octanol–water partition coefficient (Wildman–Crippen LogP) is 4.14. The summed E-state index contributed by atoms with van der Waals surface area (Å²) in [7, 11) is 0. The molecule has 1 N–H and O–H groups in total. The topological polar surface area (TPSA) is 41.6 Å². The van der Waals surface area contributed by atoms with Gasteiger partial charge in [-0.3, -0.25) is 5.10 Å². The zero-order chi connectivity index (χ0) is 12.8. The SMILES string of the molecule is CCCCC(C)Sc1n[nH]c(-c2ccccc2)n1. The molecule has 1 unspecified atom stereocenters. The first-order valence-electron chi connectivity index (χ1n) is 6.44. The molecule has 0 saturated carbocycles. The smallest absolute Gasteiger partial charge is 0.209 e. The van der Waals surface area contributed by atoms with Crippen LogP contribution in [0.5, 0.6) is 0 Å². The Balaban J connectivity index is 1.98. The molecule has 0 spiro atoms. The van der Waals surface area contributed by atoms with Crippen LogP contribution in [0, 0.1) is 0 Å². The van der Waals surface area contributed by atoms with Gasteiger partial charge in [0.1, 0.15) is 0 Å². The molecule has 3 nitrogen and oxygen atoms in total. The van der Waals surface area contributed by atoms with Crippen molar-refractivity contribution in [2.24, 2.45) is 0 Å². The van der Waals surface area contributed by atoms with Gasteiger partial charge in [-0.05, 0) is 6.42 Å². The minimum Gasteiger partial charge on any atom is -0.258 e. The molecule has 0 saturated heterocycles. The number of hydrogen-bond acceptors (Lipinski definition) is 3. The van der Waals surface area contributed by atoms with Crippen molar-refractivity contribution in [3.63, 3.8) is 0 Å². The lowest BCUT2D eigenvalue weighted by molar-refractivity contribution is 0.711. The first kappa shape index (κ1) is 13.1. The Hall–Kier alpha value is -1.29. The molecule has 0 bridgehead atoms. The number of nitrogens with zero attached hydrogens (tertiary/aromatic N) is 2. The number of H-pyrrole nitrogens is 1. The third kappa shape index (κ3) is 3.60. The van der Waals surface area contributed by atoms with Crippen molar-refractivity contribution in [2.45, 2.75) is 43.5 Å². The van der Waals surface area contributed by atoms with Gasteiger partial charge in [0.05, 0.1) is 0 Å². The number of benzene rings is 1. The van der Waals surface area contributed by atoms with E-state index in [0.717, 1.165) is 16.5 Å². The largest absolute Gasteiger partial charge is 0.258 e. The first-order chi connectivity index (χ1) is 8.79. The molecule has 1 aromatic carbocycles. The van der Waals surface area contributed by atoms with Crippen LogP contribution in [0.15, 0.2) is 35.5 Å². The van der Waals surface area contributed by atoms with E-state index in [2.05, 4.69) is 29.0 Å². The average molecular weight is 261 g/mol. The van der Waals surface area contributed by atoms with Gasteiger partial charge < -0.3 is 0 Å². The summed E-state index contributed by atoms with van der Waals surface area (Å²) < 4.78 is 0. The second-order valence-corrected chi connectivity index (χ2v) is 5.81. The van der Waals surface area contributed by atoms with Crippen molar-refractivity contribution >= 4 is 11.8 Å².